The van der Waals surface area contributed by atoms with Crippen LogP contribution in [0.5, 0.6) is 0 Å². The van der Waals surface area contributed by atoms with Crippen LogP contribution in [0.2, 0.25) is 0 Å². The quantitative estimate of drug-likeness (QED) is 0.341. The number of hydrogen-bond donors (Lipinski definition) is 2. The molecule has 1 saturated heterocycles. The van der Waals surface area contributed by atoms with Crippen LogP contribution in [0.1, 0.15) is 32.9 Å². The molecule has 1 aliphatic heterocycles. The van der Waals surface area contributed by atoms with E-state index in [0.717, 1.165) is 42.8 Å². The molecule has 3 heterocycles. The molecule has 31 heavy (non-hydrogen) atoms. The minimum absolute atomic E-state index is 0.373. The molecule has 1 fully saturated rings. The maximum atomic E-state index is 5.55. The highest BCUT2D eigenvalue weighted by atomic mass is 16.5. The molecule has 10 nitrogen and oxygen atoms in total. The van der Waals surface area contributed by atoms with Crippen molar-refractivity contribution in [2.75, 3.05) is 43.1 Å². The monoisotopic (exact) mass is 427 g/mol. The normalized spacial score (nSPS) is 17.6. The summed E-state index contributed by atoms with van der Waals surface area (Å²) in [6.45, 7) is 16.1. The summed E-state index contributed by atoms with van der Waals surface area (Å²) in [7, 11) is 0. The van der Waals surface area contributed by atoms with Crippen LogP contribution < -0.4 is 15.5 Å². The summed E-state index contributed by atoms with van der Waals surface area (Å²) >= 11 is 0. The van der Waals surface area contributed by atoms with E-state index in [9.17, 15) is 0 Å². The number of aliphatic imine (C=N–C) groups is 2. The molecule has 0 amide bonds. The number of piperazine rings is 1. The van der Waals surface area contributed by atoms with Gasteiger partial charge in [0.15, 0.2) is 5.82 Å². The van der Waals surface area contributed by atoms with Crippen LogP contribution in [0.25, 0.3) is 11.0 Å². The highest BCUT2D eigenvalue weighted by Crippen LogP contribution is 2.28. The Labute approximate surface area is 183 Å². The minimum atomic E-state index is 0.373. The van der Waals surface area contributed by atoms with Crippen molar-refractivity contribution in [2.45, 2.75) is 46.7 Å². The summed E-state index contributed by atoms with van der Waals surface area (Å²) in [5, 5.41) is 11.6. The fourth-order valence-electron chi connectivity index (χ4n) is 3.57. The standard InChI is InChI=1S/C21H33N9O/c1-6-8-17(24-14-22-5)25-20-19-18(16(4)28-30(19)11-12-31-7-2)26-21(27-20)29-10-9-23-15(3)13-29/h8,14-15,23H,5-7,9-13H2,1-4H3,(H,25,26,27)/b17-8+,24-14-. The van der Waals surface area contributed by atoms with Gasteiger partial charge in [-0.1, -0.05) is 6.92 Å². The zero-order valence-electron chi connectivity index (χ0n) is 18.9. The second-order valence-corrected chi connectivity index (χ2v) is 7.43. The maximum Gasteiger partial charge on any atom is 0.228 e. The van der Waals surface area contributed by atoms with E-state index >= 15 is 0 Å². The van der Waals surface area contributed by atoms with E-state index in [-0.39, 0.29) is 0 Å². The number of aromatic nitrogens is 4. The van der Waals surface area contributed by atoms with Gasteiger partial charge in [0.05, 0.1) is 18.8 Å². The summed E-state index contributed by atoms with van der Waals surface area (Å²) in [4.78, 5) is 20.1. The van der Waals surface area contributed by atoms with E-state index < -0.39 is 0 Å². The fourth-order valence-corrected chi connectivity index (χ4v) is 3.57. The SMILES string of the molecule is C=N/C=N\C(=C/CC)Nc1nc(N2CCNC(C)C2)nc2c(C)nn(CCOCC)c12. The summed E-state index contributed by atoms with van der Waals surface area (Å²) < 4.78 is 7.46. The van der Waals surface area contributed by atoms with Crippen LogP contribution in [0.3, 0.4) is 0 Å². The second kappa shape index (κ2) is 11.0. The Morgan fingerprint density at radius 1 is 1.39 bits per heavy atom. The average Bonchev–Trinajstić information content (AvgIpc) is 3.08. The largest absolute Gasteiger partial charge is 0.380 e. The van der Waals surface area contributed by atoms with Gasteiger partial charge in [0.2, 0.25) is 5.95 Å². The van der Waals surface area contributed by atoms with Crippen LogP contribution in [-0.4, -0.2) is 71.7 Å². The Hall–Kier alpha value is -2.85. The predicted molar refractivity (Wildman–Crippen MR) is 126 cm³/mol. The number of anilines is 2. The topological polar surface area (TPSA) is 105 Å². The van der Waals surface area contributed by atoms with Gasteiger partial charge in [-0.15, -0.1) is 0 Å². The number of hydrogen-bond acceptors (Lipinski definition) is 8. The second-order valence-electron chi connectivity index (χ2n) is 7.43. The lowest BCUT2D eigenvalue weighted by Gasteiger charge is -2.32. The van der Waals surface area contributed by atoms with Gasteiger partial charge in [-0.3, -0.25) is 9.67 Å². The van der Waals surface area contributed by atoms with Crippen LogP contribution in [-0.2, 0) is 11.3 Å². The third-order valence-corrected chi connectivity index (χ3v) is 4.97. The molecule has 1 aliphatic rings. The molecule has 0 spiro atoms. The molecule has 0 aliphatic carbocycles. The maximum absolute atomic E-state index is 5.55. The summed E-state index contributed by atoms with van der Waals surface area (Å²) in [6.07, 6.45) is 4.22. The molecule has 1 atom stereocenters. The smallest absolute Gasteiger partial charge is 0.228 e. The molecule has 0 aromatic carbocycles. The van der Waals surface area contributed by atoms with E-state index in [4.69, 9.17) is 19.8 Å². The van der Waals surface area contributed by atoms with Gasteiger partial charge in [-0.05, 0) is 40.0 Å². The predicted octanol–water partition coefficient (Wildman–Crippen LogP) is 2.36. The lowest BCUT2D eigenvalue weighted by molar-refractivity contribution is 0.137. The van der Waals surface area contributed by atoms with Gasteiger partial charge in [-0.2, -0.15) is 10.1 Å². The fraction of sp³-hybridized carbons (Fsp3) is 0.571. The Kier molecular flexibility index (Phi) is 8.07. The Morgan fingerprint density at radius 2 is 2.23 bits per heavy atom. The molecule has 2 aromatic heterocycles. The first-order chi connectivity index (χ1) is 15.1. The van der Waals surface area contributed by atoms with Crippen molar-refractivity contribution in [2.24, 2.45) is 9.98 Å². The Morgan fingerprint density at radius 3 is 2.94 bits per heavy atom. The van der Waals surface area contributed by atoms with Crippen LogP contribution in [0, 0.1) is 6.92 Å². The highest BCUT2D eigenvalue weighted by molar-refractivity contribution is 5.89. The molecular weight excluding hydrogens is 394 g/mol. The molecule has 2 N–H and O–H groups in total. The van der Waals surface area contributed by atoms with E-state index in [2.05, 4.69) is 46.1 Å². The van der Waals surface area contributed by atoms with Crippen molar-refractivity contribution < 1.29 is 4.74 Å². The number of aryl methyl sites for hydroxylation is 1. The summed E-state index contributed by atoms with van der Waals surface area (Å²) in [5.74, 6) is 2.02. The van der Waals surface area contributed by atoms with E-state index in [0.29, 0.717) is 43.4 Å². The van der Waals surface area contributed by atoms with Gasteiger partial charge in [-0.25, -0.2) is 9.98 Å². The van der Waals surface area contributed by atoms with Gasteiger partial charge < -0.3 is 20.3 Å². The molecule has 0 saturated carbocycles. The van der Waals surface area contributed by atoms with E-state index in [1.807, 2.05) is 24.6 Å². The Balaban J connectivity index is 2.08. The first-order valence-electron chi connectivity index (χ1n) is 10.8. The van der Waals surface area contributed by atoms with Crippen molar-refractivity contribution in [1.29, 1.82) is 0 Å². The number of rotatable bonds is 10. The molecule has 10 heteroatoms. The zero-order valence-corrected chi connectivity index (χ0v) is 18.9. The highest BCUT2D eigenvalue weighted by Gasteiger charge is 2.23. The van der Waals surface area contributed by atoms with Crippen molar-refractivity contribution in [3.8, 4) is 0 Å². The van der Waals surface area contributed by atoms with Crippen molar-refractivity contribution >= 4 is 35.9 Å². The van der Waals surface area contributed by atoms with Crippen molar-refractivity contribution in [3.63, 3.8) is 0 Å². The van der Waals surface area contributed by atoms with Crippen molar-refractivity contribution in [1.82, 2.24) is 25.1 Å². The van der Waals surface area contributed by atoms with E-state index in [1.165, 1.54) is 6.34 Å². The number of nitrogens with one attached hydrogen (secondary N) is 2. The molecule has 168 valence electrons. The van der Waals surface area contributed by atoms with Gasteiger partial charge >= 0.3 is 0 Å². The Bertz CT molecular complexity index is 950. The zero-order chi connectivity index (χ0) is 22.2. The average molecular weight is 428 g/mol. The molecule has 0 radical (unpaired) electrons. The number of ether oxygens (including phenoxy) is 1. The third kappa shape index (κ3) is 5.65. The van der Waals surface area contributed by atoms with E-state index in [1.54, 1.807) is 0 Å². The minimum Gasteiger partial charge on any atom is -0.380 e. The lowest BCUT2D eigenvalue weighted by Crippen LogP contribution is -2.49. The molecular formula is C21H33N9O. The number of nitrogens with zero attached hydrogens (tertiary/aromatic N) is 7. The lowest BCUT2D eigenvalue weighted by atomic mass is 10.2. The first-order valence-corrected chi connectivity index (χ1v) is 10.8. The van der Waals surface area contributed by atoms with Gasteiger partial charge in [0, 0.05) is 32.3 Å². The molecule has 0 bridgehead atoms. The van der Waals surface area contributed by atoms with Crippen molar-refractivity contribution in [3.05, 3.63) is 17.6 Å². The number of allylic oxidation sites excluding steroid dienone is 1. The van der Waals surface area contributed by atoms with Gasteiger partial charge in [0.25, 0.3) is 0 Å². The molecule has 2 aromatic rings. The van der Waals surface area contributed by atoms with Crippen LogP contribution in [0.15, 0.2) is 21.9 Å². The van der Waals surface area contributed by atoms with Gasteiger partial charge in [0.1, 0.15) is 23.2 Å². The number of fused-ring (bicyclic) bond motifs is 1. The van der Waals surface area contributed by atoms with Crippen LogP contribution >= 0.6 is 0 Å². The molecule has 1 unspecified atom stereocenters. The molecule has 3 rings (SSSR count). The first kappa shape index (κ1) is 22.8. The summed E-state index contributed by atoms with van der Waals surface area (Å²) in [6, 6.07) is 0.373. The summed E-state index contributed by atoms with van der Waals surface area (Å²) in [5.41, 5.74) is 2.53. The third-order valence-electron chi connectivity index (χ3n) is 4.97. The van der Waals surface area contributed by atoms with Crippen LogP contribution in [0.4, 0.5) is 11.8 Å².